The van der Waals surface area contributed by atoms with E-state index in [0.717, 1.165) is 6.20 Å². The van der Waals surface area contributed by atoms with Gasteiger partial charge in [0.05, 0.1) is 38.0 Å². The predicted molar refractivity (Wildman–Crippen MR) is 117 cm³/mol. The molecule has 2 aromatic heterocycles. The molecule has 3 rings (SSSR count). The smallest absolute Gasteiger partial charge is 0.425 e. The van der Waals surface area contributed by atoms with Crippen molar-refractivity contribution >= 4 is 11.9 Å². The molecule has 0 aliphatic carbocycles. The van der Waals surface area contributed by atoms with Crippen LogP contribution in [0.25, 0.3) is 0 Å². The van der Waals surface area contributed by atoms with E-state index in [0.29, 0.717) is 25.5 Å². The van der Waals surface area contributed by atoms with E-state index in [-0.39, 0.29) is 51.2 Å². The standard InChI is InChI=1S/C21H24F6N6O5/c1-36-11-14(38-15-10-30-31-18(35)17(15)21(25,26)27)12-37-7-2-16(34)32-3-5-33(6-4-32)19-28-8-13(9-29-19)20(22,23)24/h8-10,14H,2-7,11-12H2,1H3,(H,31,35)/t14-/m1/s1. The van der Waals surface area contributed by atoms with E-state index in [2.05, 4.69) is 15.1 Å². The lowest BCUT2D eigenvalue weighted by atomic mass is 10.2. The van der Waals surface area contributed by atoms with E-state index in [9.17, 15) is 35.9 Å². The van der Waals surface area contributed by atoms with Crippen molar-refractivity contribution < 1.29 is 45.3 Å². The van der Waals surface area contributed by atoms with E-state index >= 15 is 0 Å². The Morgan fingerprint density at radius 3 is 2.26 bits per heavy atom. The van der Waals surface area contributed by atoms with Crippen LogP contribution in [0.15, 0.2) is 23.4 Å². The molecule has 1 atom stereocenters. The number of piperazine rings is 1. The van der Waals surface area contributed by atoms with Crippen LogP contribution in [0, 0.1) is 0 Å². The van der Waals surface area contributed by atoms with E-state index < -0.39 is 40.9 Å². The summed E-state index contributed by atoms with van der Waals surface area (Å²) < 4.78 is 93.3. The topological polar surface area (TPSA) is 123 Å². The highest BCUT2D eigenvalue weighted by atomic mass is 19.4. The second kappa shape index (κ2) is 12.4. The van der Waals surface area contributed by atoms with Gasteiger partial charge in [-0.15, -0.1) is 0 Å². The molecule has 0 unspecified atom stereocenters. The highest BCUT2D eigenvalue weighted by Crippen LogP contribution is 2.33. The fraction of sp³-hybridized carbons (Fsp3) is 0.571. The van der Waals surface area contributed by atoms with Crippen molar-refractivity contribution in [3.8, 4) is 5.75 Å². The molecule has 0 aromatic carbocycles. The maximum atomic E-state index is 13.2. The maximum Gasteiger partial charge on any atom is 0.425 e. The monoisotopic (exact) mass is 554 g/mol. The van der Waals surface area contributed by atoms with E-state index in [1.807, 2.05) is 0 Å². The van der Waals surface area contributed by atoms with Crippen LogP contribution in [0.5, 0.6) is 5.75 Å². The number of halogens is 6. The summed E-state index contributed by atoms with van der Waals surface area (Å²) in [4.78, 5) is 34.8. The molecule has 2 aromatic rings. The molecule has 0 bridgehead atoms. The fourth-order valence-corrected chi connectivity index (χ4v) is 3.54. The molecule has 1 fully saturated rings. The van der Waals surface area contributed by atoms with Crippen LogP contribution in [0.3, 0.4) is 0 Å². The number of rotatable bonds is 10. The number of alkyl halides is 6. The van der Waals surface area contributed by atoms with Crippen LogP contribution in [0.2, 0.25) is 0 Å². The van der Waals surface area contributed by atoms with Gasteiger partial charge in [0.25, 0.3) is 5.56 Å². The van der Waals surface area contributed by atoms with Crippen LogP contribution in [0.1, 0.15) is 17.5 Å². The number of ether oxygens (including phenoxy) is 3. The van der Waals surface area contributed by atoms with Crippen molar-refractivity contribution in [3.63, 3.8) is 0 Å². The second-order valence-electron chi connectivity index (χ2n) is 8.09. The zero-order valence-electron chi connectivity index (χ0n) is 20.0. The third kappa shape index (κ3) is 7.77. The third-order valence-electron chi connectivity index (χ3n) is 5.40. The number of nitrogens with zero attached hydrogens (tertiary/aromatic N) is 5. The molecule has 1 aliphatic heterocycles. The predicted octanol–water partition coefficient (Wildman–Crippen LogP) is 1.75. The van der Waals surface area contributed by atoms with Gasteiger partial charge in [0, 0.05) is 45.7 Å². The molecule has 38 heavy (non-hydrogen) atoms. The highest BCUT2D eigenvalue weighted by molar-refractivity contribution is 5.76. The Hall–Kier alpha value is -3.47. The zero-order chi connectivity index (χ0) is 27.9. The number of aromatic amines is 1. The van der Waals surface area contributed by atoms with Gasteiger partial charge in [-0.1, -0.05) is 0 Å². The first-order valence-electron chi connectivity index (χ1n) is 11.2. The first kappa shape index (κ1) is 29.1. The SMILES string of the molecule is COC[C@H](COCCC(=O)N1CCN(c2ncc(C(F)(F)F)cn2)CC1)Oc1cn[nH]c(=O)c1C(F)(F)F. The molecule has 0 radical (unpaired) electrons. The molecule has 1 saturated heterocycles. The number of hydrogen-bond donors (Lipinski definition) is 1. The Labute approximate surface area is 211 Å². The summed E-state index contributed by atoms with van der Waals surface area (Å²) in [5.74, 6) is -0.903. The second-order valence-corrected chi connectivity index (χ2v) is 8.09. The lowest BCUT2D eigenvalue weighted by Gasteiger charge is -2.34. The Bertz CT molecular complexity index is 1120. The van der Waals surface area contributed by atoms with E-state index in [1.54, 1.807) is 14.9 Å². The maximum absolute atomic E-state index is 13.2. The van der Waals surface area contributed by atoms with Gasteiger partial charge >= 0.3 is 12.4 Å². The normalized spacial score (nSPS) is 15.4. The van der Waals surface area contributed by atoms with Crippen LogP contribution in [-0.2, 0) is 26.6 Å². The van der Waals surface area contributed by atoms with Gasteiger partial charge < -0.3 is 24.0 Å². The number of hydrogen-bond acceptors (Lipinski definition) is 9. The zero-order valence-corrected chi connectivity index (χ0v) is 20.0. The number of carbonyl (C=O) groups is 1. The van der Waals surface area contributed by atoms with Gasteiger partial charge in [0.15, 0.2) is 11.3 Å². The molecule has 0 spiro atoms. The lowest BCUT2D eigenvalue weighted by molar-refractivity contribution is -0.141. The van der Waals surface area contributed by atoms with Crippen LogP contribution in [-0.4, -0.2) is 90.2 Å². The molecular formula is C21H24F6N6O5. The van der Waals surface area contributed by atoms with Gasteiger partial charge in [-0.3, -0.25) is 9.59 Å². The Morgan fingerprint density at radius 1 is 1.03 bits per heavy atom. The third-order valence-corrected chi connectivity index (χ3v) is 5.40. The summed E-state index contributed by atoms with van der Waals surface area (Å²) in [6, 6.07) is 0. The molecule has 0 saturated carbocycles. The van der Waals surface area contributed by atoms with Crippen molar-refractivity contribution in [2.75, 3.05) is 58.0 Å². The number of H-pyrrole nitrogens is 1. The van der Waals surface area contributed by atoms with Crippen LogP contribution < -0.4 is 15.2 Å². The summed E-state index contributed by atoms with van der Waals surface area (Å²) in [5.41, 5.74) is -3.95. The van der Waals surface area contributed by atoms with Crippen molar-refractivity contribution in [2.24, 2.45) is 0 Å². The van der Waals surface area contributed by atoms with Crippen LogP contribution >= 0.6 is 0 Å². The Morgan fingerprint density at radius 2 is 1.68 bits per heavy atom. The Kier molecular flexibility index (Phi) is 9.48. The highest BCUT2D eigenvalue weighted by Gasteiger charge is 2.39. The van der Waals surface area contributed by atoms with E-state index in [1.165, 1.54) is 7.11 Å². The van der Waals surface area contributed by atoms with Crippen molar-refractivity contribution in [1.82, 2.24) is 25.1 Å². The number of methoxy groups -OCH3 is 1. The van der Waals surface area contributed by atoms with Gasteiger partial charge in [-0.25, -0.2) is 15.1 Å². The largest absolute Gasteiger partial charge is 0.483 e. The molecule has 11 nitrogen and oxygen atoms in total. The molecule has 1 aliphatic rings. The summed E-state index contributed by atoms with van der Waals surface area (Å²) in [6.45, 7) is 0.741. The quantitative estimate of drug-likeness (QED) is 0.346. The van der Waals surface area contributed by atoms with Crippen molar-refractivity contribution in [3.05, 3.63) is 40.1 Å². The van der Waals surface area contributed by atoms with Crippen molar-refractivity contribution in [2.45, 2.75) is 24.9 Å². The number of carbonyl (C=O) groups excluding carboxylic acids is 1. The molecule has 3 heterocycles. The van der Waals surface area contributed by atoms with E-state index in [4.69, 9.17) is 14.2 Å². The van der Waals surface area contributed by atoms with Crippen molar-refractivity contribution in [1.29, 1.82) is 0 Å². The first-order valence-corrected chi connectivity index (χ1v) is 11.2. The minimum absolute atomic E-state index is 0.0309. The number of amides is 1. The van der Waals surface area contributed by atoms with Gasteiger partial charge in [-0.2, -0.15) is 31.4 Å². The number of aromatic nitrogens is 4. The lowest BCUT2D eigenvalue weighted by Crippen LogP contribution is -2.49. The summed E-state index contributed by atoms with van der Waals surface area (Å²) >= 11 is 0. The summed E-state index contributed by atoms with van der Waals surface area (Å²) in [6.07, 6.45) is -8.43. The molecular weight excluding hydrogens is 530 g/mol. The Balaban J connectivity index is 1.45. The average molecular weight is 554 g/mol. The fourth-order valence-electron chi connectivity index (χ4n) is 3.54. The minimum atomic E-state index is -4.97. The minimum Gasteiger partial charge on any atom is -0.483 e. The summed E-state index contributed by atoms with van der Waals surface area (Å²) in [7, 11) is 1.30. The van der Waals surface area contributed by atoms with Gasteiger partial charge in [0.2, 0.25) is 11.9 Å². The van der Waals surface area contributed by atoms with Crippen LogP contribution in [0.4, 0.5) is 32.3 Å². The number of anilines is 1. The molecule has 1 N–H and O–H groups in total. The molecule has 210 valence electrons. The van der Waals surface area contributed by atoms with Gasteiger partial charge in [0.1, 0.15) is 6.10 Å². The summed E-state index contributed by atoms with van der Waals surface area (Å²) in [5, 5.41) is 5.04. The first-order chi connectivity index (χ1) is 17.9. The molecule has 1 amide bonds. The number of nitrogens with one attached hydrogen (secondary N) is 1. The van der Waals surface area contributed by atoms with Gasteiger partial charge in [-0.05, 0) is 0 Å². The average Bonchev–Trinajstić information content (AvgIpc) is 2.85. The molecule has 17 heteroatoms.